The van der Waals surface area contributed by atoms with Gasteiger partial charge in [-0.25, -0.2) is 9.13 Å². The number of rotatable bonds is 2. The Labute approximate surface area is 102 Å². The summed E-state index contributed by atoms with van der Waals surface area (Å²) >= 11 is 0. The molecule has 0 amide bonds. The van der Waals surface area contributed by atoms with Crippen molar-refractivity contribution < 1.29 is 9.36 Å². The van der Waals surface area contributed by atoms with Crippen molar-refractivity contribution in [3.8, 4) is 0 Å². The van der Waals surface area contributed by atoms with E-state index in [1.165, 1.54) is 6.42 Å². The molecule has 0 saturated heterocycles. The molecule has 1 heterocycles. The lowest BCUT2D eigenvalue weighted by molar-refractivity contribution is -0.671. The Bertz CT molecular complexity index is 474. The highest BCUT2D eigenvalue weighted by atomic mass is 16.1. The highest BCUT2D eigenvalue weighted by Crippen LogP contribution is 2.64. The molecular formula is C14H21N2O+. The maximum atomic E-state index is 12.4. The fraction of sp³-hybridized carbons (Fsp3) is 0.714. The second-order valence-corrected chi connectivity index (χ2v) is 6.42. The largest absolute Gasteiger partial charge is 0.299 e. The number of carbonyl (C=O) groups excluding carboxylic acids is 1. The summed E-state index contributed by atoms with van der Waals surface area (Å²) in [4.78, 5) is 12.4. The van der Waals surface area contributed by atoms with Crippen LogP contribution in [0.5, 0.6) is 0 Å². The van der Waals surface area contributed by atoms with E-state index < -0.39 is 0 Å². The van der Waals surface area contributed by atoms with Gasteiger partial charge in [-0.05, 0) is 24.2 Å². The topological polar surface area (TPSA) is 25.9 Å². The van der Waals surface area contributed by atoms with Gasteiger partial charge in [-0.15, -0.1) is 0 Å². The fourth-order valence-electron chi connectivity index (χ4n) is 4.05. The van der Waals surface area contributed by atoms with Gasteiger partial charge in [-0.1, -0.05) is 13.8 Å². The van der Waals surface area contributed by atoms with Crippen molar-refractivity contribution in [3.05, 3.63) is 18.7 Å². The Morgan fingerprint density at radius 3 is 2.76 bits per heavy atom. The van der Waals surface area contributed by atoms with Crippen LogP contribution in [-0.2, 0) is 18.4 Å². The summed E-state index contributed by atoms with van der Waals surface area (Å²) < 4.78 is 4.21. The molecule has 2 bridgehead atoms. The average molecular weight is 233 g/mol. The smallest absolute Gasteiger partial charge is 0.243 e. The van der Waals surface area contributed by atoms with E-state index in [-0.39, 0.29) is 10.8 Å². The summed E-state index contributed by atoms with van der Waals surface area (Å²) in [6, 6.07) is 0. The molecule has 1 unspecified atom stereocenters. The van der Waals surface area contributed by atoms with Crippen molar-refractivity contribution in [2.24, 2.45) is 23.8 Å². The second-order valence-electron chi connectivity index (χ2n) is 6.42. The Kier molecular flexibility index (Phi) is 2.08. The van der Waals surface area contributed by atoms with Crippen LogP contribution < -0.4 is 4.57 Å². The molecule has 2 aliphatic carbocycles. The first-order valence-electron chi connectivity index (χ1n) is 6.50. The maximum Gasteiger partial charge on any atom is 0.243 e. The van der Waals surface area contributed by atoms with Crippen LogP contribution in [0.15, 0.2) is 18.7 Å². The quantitative estimate of drug-likeness (QED) is 0.714. The molecule has 0 aliphatic heterocycles. The van der Waals surface area contributed by atoms with E-state index in [0.717, 1.165) is 19.4 Å². The number of ketones is 1. The summed E-state index contributed by atoms with van der Waals surface area (Å²) in [5, 5.41) is 0. The van der Waals surface area contributed by atoms with Gasteiger partial charge in [-0.2, -0.15) is 0 Å². The van der Waals surface area contributed by atoms with E-state index in [2.05, 4.69) is 30.9 Å². The number of hydrogen-bond acceptors (Lipinski definition) is 1. The van der Waals surface area contributed by atoms with E-state index in [1.54, 1.807) is 0 Å². The zero-order valence-electron chi connectivity index (χ0n) is 10.9. The van der Waals surface area contributed by atoms with E-state index in [1.807, 2.05) is 17.8 Å². The van der Waals surface area contributed by atoms with Crippen LogP contribution in [0.1, 0.15) is 33.1 Å². The van der Waals surface area contributed by atoms with Crippen LogP contribution in [0.2, 0.25) is 0 Å². The standard InChI is InChI=1S/C14H21N2O/c1-13(2)11-4-5-14(13,12(17)8-11)9-16-7-6-15(3)10-16/h6-7,10-11H,4-5,8-9H2,1-3H3/q+1/t11?,14-/m1/s1. The van der Waals surface area contributed by atoms with E-state index in [0.29, 0.717) is 11.7 Å². The first-order valence-corrected chi connectivity index (χ1v) is 6.50. The zero-order valence-corrected chi connectivity index (χ0v) is 10.9. The molecule has 1 aromatic rings. The molecule has 1 aromatic heterocycles. The van der Waals surface area contributed by atoms with Gasteiger partial charge in [0.2, 0.25) is 6.33 Å². The molecule has 0 spiro atoms. The van der Waals surface area contributed by atoms with Crippen molar-refractivity contribution in [1.29, 1.82) is 0 Å². The Balaban J connectivity index is 1.97. The molecule has 2 atom stereocenters. The number of Topliss-reactive ketones (excluding diaryl/α,β-unsaturated/α-hetero) is 1. The van der Waals surface area contributed by atoms with Crippen LogP contribution in [0, 0.1) is 16.7 Å². The number of fused-ring (bicyclic) bond motifs is 2. The summed E-state index contributed by atoms with van der Waals surface area (Å²) in [6.07, 6.45) is 9.29. The van der Waals surface area contributed by atoms with Crippen molar-refractivity contribution >= 4 is 5.78 Å². The Morgan fingerprint density at radius 1 is 1.53 bits per heavy atom. The van der Waals surface area contributed by atoms with Crippen LogP contribution in [0.4, 0.5) is 0 Å². The number of aryl methyl sites for hydroxylation is 1. The Hall–Kier alpha value is -1.12. The third kappa shape index (κ3) is 1.28. The van der Waals surface area contributed by atoms with Gasteiger partial charge >= 0.3 is 0 Å². The van der Waals surface area contributed by atoms with Crippen molar-refractivity contribution in [2.75, 3.05) is 0 Å². The molecule has 92 valence electrons. The molecule has 2 fully saturated rings. The third-order valence-electron chi connectivity index (χ3n) is 5.42. The van der Waals surface area contributed by atoms with E-state index in [9.17, 15) is 4.79 Å². The van der Waals surface area contributed by atoms with Crippen molar-refractivity contribution in [3.63, 3.8) is 0 Å². The van der Waals surface area contributed by atoms with E-state index >= 15 is 0 Å². The Morgan fingerprint density at radius 2 is 2.29 bits per heavy atom. The molecule has 0 N–H and O–H groups in total. The normalized spacial score (nSPS) is 34.5. The average Bonchev–Trinajstić information content (AvgIpc) is 2.80. The number of imidazole rings is 1. The highest BCUT2D eigenvalue weighted by Gasteiger charge is 2.65. The molecule has 3 nitrogen and oxygen atoms in total. The van der Waals surface area contributed by atoms with Crippen molar-refractivity contribution in [2.45, 2.75) is 39.7 Å². The summed E-state index contributed by atoms with van der Waals surface area (Å²) in [7, 11) is 2.02. The number of nitrogens with zero attached hydrogens (tertiary/aromatic N) is 2. The minimum atomic E-state index is -0.107. The molecular weight excluding hydrogens is 212 g/mol. The lowest BCUT2D eigenvalue weighted by Gasteiger charge is -2.34. The molecule has 2 saturated carbocycles. The zero-order chi connectivity index (χ0) is 12.3. The third-order valence-corrected chi connectivity index (χ3v) is 5.42. The number of hydrogen-bond donors (Lipinski definition) is 0. The van der Waals surface area contributed by atoms with Gasteiger partial charge in [0.05, 0.1) is 12.5 Å². The highest BCUT2D eigenvalue weighted by molar-refractivity contribution is 5.89. The molecule has 3 heteroatoms. The fourth-order valence-corrected chi connectivity index (χ4v) is 4.05. The number of carbonyl (C=O) groups is 1. The number of aromatic nitrogens is 2. The van der Waals surface area contributed by atoms with Gasteiger partial charge in [-0.3, -0.25) is 4.79 Å². The summed E-state index contributed by atoms with van der Waals surface area (Å²) in [5.74, 6) is 1.11. The molecule has 3 rings (SSSR count). The van der Waals surface area contributed by atoms with E-state index in [4.69, 9.17) is 0 Å². The lowest BCUT2D eigenvalue weighted by Crippen LogP contribution is -2.40. The summed E-state index contributed by atoms with van der Waals surface area (Å²) in [5.41, 5.74) is 0.0661. The predicted molar refractivity (Wildman–Crippen MR) is 64.2 cm³/mol. The van der Waals surface area contributed by atoms with Crippen molar-refractivity contribution in [1.82, 2.24) is 4.57 Å². The molecule has 2 aliphatic rings. The maximum absolute atomic E-state index is 12.4. The predicted octanol–water partition coefficient (Wildman–Crippen LogP) is 1.71. The SMILES string of the molecule is C[n+]1ccn(C[C@]23CCC(CC2=O)C3(C)C)c1. The van der Waals surface area contributed by atoms with Crippen LogP contribution in [0.25, 0.3) is 0 Å². The van der Waals surface area contributed by atoms with Gasteiger partial charge < -0.3 is 0 Å². The van der Waals surface area contributed by atoms with Crippen LogP contribution in [0.3, 0.4) is 0 Å². The first-order chi connectivity index (χ1) is 7.96. The molecule has 0 aromatic carbocycles. The second kappa shape index (κ2) is 3.21. The minimum absolute atomic E-state index is 0.107. The van der Waals surface area contributed by atoms with Gasteiger partial charge in [0.15, 0.2) is 0 Å². The van der Waals surface area contributed by atoms with Gasteiger partial charge in [0.1, 0.15) is 24.7 Å². The summed E-state index contributed by atoms with van der Waals surface area (Å²) in [6.45, 7) is 5.44. The van der Waals surface area contributed by atoms with Crippen LogP contribution in [-0.4, -0.2) is 10.4 Å². The minimum Gasteiger partial charge on any atom is -0.299 e. The van der Waals surface area contributed by atoms with Gasteiger partial charge in [0, 0.05) is 6.42 Å². The molecule has 0 radical (unpaired) electrons. The first kappa shape index (κ1) is 11.0. The van der Waals surface area contributed by atoms with Gasteiger partial charge in [0.25, 0.3) is 0 Å². The lowest BCUT2D eigenvalue weighted by atomic mass is 9.69. The monoisotopic (exact) mass is 233 g/mol. The van der Waals surface area contributed by atoms with Crippen LogP contribution >= 0.6 is 0 Å². The molecule has 17 heavy (non-hydrogen) atoms.